The number of H-pyrrole nitrogens is 1. The van der Waals surface area contributed by atoms with E-state index in [2.05, 4.69) is 9.97 Å². The summed E-state index contributed by atoms with van der Waals surface area (Å²) in [7, 11) is 0. The summed E-state index contributed by atoms with van der Waals surface area (Å²) in [5.74, 6) is -0.248. The van der Waals surface area contributed by atoms with E-state index in [1.807, 2.05) is 0 Å². The van der Waals surface area contributed by atoms with Gasteiger partial charge in [0.05, 0.1) is 17.4 Å². The van der Waals surface area contributed by atoms with Crippen LogP contribution in [0, 0.1) is 0 Å². The van der Waals surface area contributed by atoms with Gasteiger partial charge in [0.1, 0.15) is 0 Å². The molecule has 3 N–H and O–H groups in total. The minimum atomic E-state index is -0.406. The standard InChI is InChI=1S/C7H9N3O/c8-6(11)7(1-2-7)5-3-9-4-10-5/h3-4H,1-2H2,(H2,8,11)(H,9,10). The maximum absolute atomic E-state index is 11.0. The highest BCUT2D eigenvalue weighted by Crippen LogP contribution is 2.46. The number of hydrogen-bond acceptors (Lipinski definition) is 2. The van der Waals surface area contributed by atoms with E-state index >= 15 is 0 Å². The van der Waals surface area contributed by atoms with E-state index < -0.39 is 5.41 Å². The number of aromatic amines is 1. The lowest BCUT2D eigenvalue weighted by Gasteiger charge is -2.05. The van der Waals surface area contributed by atoms with Gasteiger partial charge in [0.15, 0.2) is 0 Å². The molecule has 58 valence electrons. The average molecular weight is 151 g/mol. The zero-order valence-electron chi connectivity index (χ0n) is 6.00. The fourth-order valence-corrected chi connectivity index (χ4v) is 1.29. The van der Waals surface area contributed by atoms with Crippen molar-refractivity contribution < 1.29 is 4.79 Å². The Kier molecular flexibility index (Phi) is 1.07. The predicted molar refractivity (Wildman–Crippen MR) is 38.7 cm³/mol. The summed E-state index contributed by atoms with van der Waals surface area (Å²) in [6, 6.07) is 0. The van der Waals surface area contributed by atoms with Crippen molar-refractivity contribution in [3.8, 4) is 0 Å². The maximum atomic E-state index is 11.0. The number of aromatic nitrogens is 2. The molecular weight excluding hydrogens is 142 g/mol. The highest BCUT2D eigenvalue weighted by Gasteiger charge is 2.51. The first-order valence-corrected chi connectivity index (χ1v) is 3.54. The topological polar surface area (TPSA) is 71.8 Å². The quantitative estimate of drug-likeness (QED) is 0.620. The molecule has 0 spiro atoms. The van der Waals surface area contributed by atoms with Gasteiger partial charge in [-0.2, -0.15) is 0 Å². The Balaban J connectivity index is 2.36. The van der Waals surface area contributed by atoms with E-state index in [1.165, 1.54) is 0 Å². The van der Waals surface area contributed by atoms with Crippen LogP contribution in [-0.2, 0) is 10.2 Å². The number of carbonyl (C=O) groups excluding carboxylic acids is 1. The fourth-order valence-electron chi connectivity index (χ4n) is 1.29. The van der Waals surface area contributed by atoms with E-state index in [0.717, 1.165) is 18.5 Å². The molecule has 0 saturated heterocycles. The fraction of sp³-hybridized carbons (Fsp3) is 0.429. The van der Waals surface area contributed by atoms with Crippen LogP contribution in [0.4, 0.5) is 0 Å². The van der Waals surface area contributed by atoms with Crippen molar-refractivity contribution in [2.24, 2.45) is 5.73 Å². The number of primary amides is 1. The van der Waals surface area contributed by atoms with Gasteiger partial charge in [-0.05, 0) is 12.8 Å². The third kappa shape index (κ3) is 0.753. The molecule has 0 unspecified atom stereocenters. The molecule has 1 amide bonds. The Morgan fingerprint density at radius 2 is 2.45 bits per heavy atom. The number of nitrogens with two attached hydrogens (primary N) is 1. The van der Waals surface area contributed by atoms with Gasteiger partial charge in [0, 0.05) is 6.20 Å². The number of hydrogen-bond donors (Lipinski definition) is 2. The molecular formula is C7H9N3O. The van der Waals surface area contributed by atoms with Gasteiger partial charge in [-0.1, -0.05) is 0 Å². The van der Waals surface area contributed by atoms with Gasteiger partial charge >= 0.3 is 0 Å². The van der Waals surface area contributed by atoms with Crippen LogP contribution in [0.15, 0.2) is 12.5 Å². The molecule has 1 aromatic heterocycles. The lowest BCUT2D eigenvalue weighted by Crippen LogP contribution is -2.28. The summed E-state index contributed by atoms with van der Waals surface area (Å²) < 4.78 is 0. The maximum Gasteiger partial charge on any atom is 0.229 e. The van der Waals surface area contributed by atoms with Crippen LogP contribution >= 0.6 is 0 Å². The molecule has 0 aromatic carbocycles. The van der Waals surface area contributed by atoms with Crippen molar-refractivity contribution >= 4 is 5.91 Å². The lowest BCUT2D eigenvalue weighted by atomic mass is 10.0. The molecule has 1 heterocycles. The molecule has 0 bridgehead atoms. The Bertz CT molecular complexity index is 274. The minimum absolute atomic E-state index is 0.248. The minimum Gasteiger partial charge on any atom is -0.369 e. The van der Waals surface area contributed by atoms with Crippen LogP contribution in [0.3, 0.4) is 0 Å². The van der Waals surface area contributed by atoms with Gasteiger partial charge in [-0.25, -0.2) is 4.98 Å². The lowest BCUT2D eigenvalue weighted by molar-refractivity contribution is -0.120. The first kappa shape index (κ1) is 6.39. The molecule has 11 heavy (non-hydrogen) atoms. The van der Waals surface area contributed by atoms with Crippen LogP contribution in [0.5, 0.6) is 0 Å². The van der Waals surface area contributed by atoms with Crippen LogP contribution in [0.1, 0.15) is 18.5 Å². The Labute approximate surface area is 63.8 Å². The largest absolute Gasteiger partial charge is 0.369 e. The monoisotopic (exact) mass is 151 g/mol. The van der Waals surface area contributed by atoms with Crippen molar-refractivity contribution in [1.29, 1.82) is 0 Å². The van der Waals surface area contributed by atoms with Crippen LogP contribution in [0.2, 0.25) is 0 Å². The van der Waals surface area contributed by atoms with Gasteiger partial charge in [0.25, 0.3) is 0 Å². The number of nitrogens with zero attached hydrogens (tertiary/aromatic N) is 1. The zero-order valence-corrected chi connectivity index (χ0v) is 6.00. The van der Waals surface area contributed by atoms with Crippen molar-refractivity contribution in [2.75, 3.05) is 0 Å². The van der Waals surface area contributed by atoms with Crippen molar-refractivity contribution in [3.63, 3.8) is 0 Å². The molecule has 0 radical (unpaired) electrons. The van der Waals surface area contributed by atoms with E-state index in [9.17, 15) is 4.79 Å². The number of amides is 1. The second-order valence-electron chi connectivity index (χ2n) is 2.91. The van der Waals surface area contributed by atoms with Gasteiger partial charge in [0.2, 0.25) is 5.91 Å². The van der Waals surface area contributed by atoms with Crippen LogP contribution in [0.25, 0.3) is 0 Å². The second kappa shape index (κ2) is 1.84. The number of rotatable bonds is 2. The first-order valence-electron chi connectivity index (χ1n) is 3.54. The SMILES string of the molecule is NC(=O)C1(c2cnc[nH]2)CC1. The van der Waals surface area contributed by atoms with Crippen LogP contribution in [-0.4, -0.2) is 15.9 Å². The molecule has 1 aliphatic carbocycles. The second-order valence-corrected chi connectivity index (χ2v) is 2.91. The number of imidazole rings is 1. The molecule has 4 heteroatoms. The Morgan fingerprint density at radius 1 is 1.73 bits per heavy atom. The summed E-state index contributed by atoms with van der Waals surface area (Å²) in [6.07, 6.45) is 4.94. The molecule has 1 saturated carbocycles. The summed E-state index contributed by atoms with van der Waals surface area (Å²) in [4.78, 5) is 17.7. The molecule has 1 aliphatic rings. The van der Waals surface area contributed by atoms with Crippen molar-refractivity contribution in [2.45, 2.75) is 18.3 Å². The molecule has 1 fully saturated rings. The number of nitrogens with one attached hydrogen (secondary N) is 1. The molecule has 2 rings (SSSR count). The van der Waals surface area contributed by atoms with E-state index in [4.69, 9.17) is 5.73 Å². The molecule has 0 atom stereocenters. The summed E-state index contributed by atoms with van der Waals surface area (Å²) in [6.45, 7) is 0. The van der Waals surface area contributed by atoms with E-state index in [1.54, 1.807) is 12.5 Å². The van der Waals surface area contributed by atoms with E-state index in [-0.39, 0.29) is 5.91 Å². The predicted octanol–water partition coefficient (Wildman–Crippen LogP) is -0.0734. The summed E-state index contributed by atoms with van der Waals surface area (Å²) in [5.41, 5.74) is 5.68. The van der Waals surface area contributed by atoms with Crippen molar-refractivity contribution in [3.05, 3.63) is 18.2 Å². The van der Waals surface area contributed by atoms with Gasteiger partial charge < -0.3 is 10.7 Å². The normalized spacial score (nSPS) is 19.6. The van der Waals surface area contributed by atoms with Gasteiger partial charge in [-0.15, -0.1) is 0 Å². The molecule has 0 aliphatic heterocycles. The average Bonchev–Trinajstić information content (AvgIpc) is 2.61. The van der Waals surface area contributed by atoms with E-state index in [0.29, 0.717) is 0 Å². The third-order valence-electron chi connectivity index (χ3n) is 2.24. The third-order valence-corrected chi connectivity index (χ3v) is 2.24. The van der Waals surface area contributed by atoms with Crippen molar-refractivity contribution in [1.82, 2.24) is 9.97 Å². The highest BCUT2D eigenvalue weighted by molar-refractivity contribution is 5.89. The van der Waals surface area contributed by atoms with Gasteiger partial charge in [-0.3, -0.25) is 4.79 Å². The smallest absolute Gasteiger partial charge is 0.229 e. The summed E-state index contributed by atoms with van der Waals surface area (Å²) >= 11 is 0. The Morgan fingerprint density at radius 3 is 2.82 bits per heavy atom. The zero-order chi connectivity index (χ0) is 7.90. The van der Waals surface area contributed by atoms with Crippen LogP contribution < -0.4 is 5.73 Å². The summed E-state index contributed by atoms with van der Waals surface area (Å²) in [5, 5.41) is 0. The molecule has 4 nitrogen and oxygen atoms in total. The highest BCUT2D eigenvalue weighted by atomic mass is 16.1. The Hall–Kier alpha value is -1.32. The number of carbonyl (C=O) groups is 1. The first-order chi connectivity index (χ1) is 5.26. The molecule has 1 aromatic rings.